The average Bonchev–Trinajstić information content (AvgIpc) is 3.10. The van der Waals surface area contributed by atoms with Gasteiger partial charge in [0, 0.05) is 25.6 Å². The van der Waals surface area contributed by atoms with Crippen LogP contribution < -0.4 is 5.32 Å². The summed E-state index contributed by atoms with van der Waals surface area (Å²) in [5.74, 6) is 0.708. The van der Waals surface area contributed by atoms with Gasteiger partial charge in [-0.05, 0) is 51.1 Å². The molecule has 0 aromatic carbocycles. The molecule has 1 saturated carbocycles. The van der Waals surface area contributed by atoms with E-state index in [0.29, 0.717) is 17.2 Å². The molecule has 1 spiro atoms. The van der Waals surface area contributed by atoms with Crippen molar-refractivity contribution in [2.45, 2.75) is 38.7 Å². The molecule has 19 heavy (non-hydrogen) atoms. The zero-order valence-corrected chi connectivity index (χ0v) is 12.5. The minimum Gasteiger partial charge on any atom is -0.377 e. The van der Waals surface area contributed by atoms with Crippen molar-refractivity contribution in [3.63, 3.8) is 0 Å². The molecule has 3 fully saturated rings. The van der Waals surface area contributed by atoms with Crippen LogP contribution in [0.15, 0.2) is 0 Å². The summed E-state index contributed by atoms with van der Waals surface area (Å²) in [5, 5.41) is 3.39. The number of nitrogens with zero attached hydrogens (tertiary/aromatic N) is 1. The smallest absolute Gasteiger partial charge is 0.226 e. The summed E-state index contributed by atoms with van der Waals surface area (Å²) in [6.07, 6.45) is 4.67. The summed E-state index contributed by atoms with van der Waals surface area (Å²) < 4.78 is 5.62. The summed E-state index contributed by atoms with van der Waals surface area (Å²) in [5.41, 5.74) is 0.360. The SMILES string of the molecule is CC1CN(C(=O)C2CC23CCNCC3)CCCO1.Cl. The first-order chi connectivity index (χ1) is 8.71. The third kappa shape index (κ3) is 3.06. The Hall–Kier alpha value is -0.320. The predicted molar refractivity (Wildman–Crippen MR) is 76.5 cm³/mol. The molecule has 2 aliphatic heterocycles. The molecule has 1 aliphatic carbocycles. The molecule has 4 nitrogen and oxygen atoms in total. The van der Waals surface area contributed by atoms with Crippen molar-refractivity contribution < 1.29 is 9.53 Å². The Morgan fingerprint density at radius 1 is 1.37 bits per heavy atom. The molecule has 110 valence electrons. The highest BCUT2D eigenvalue weighted by Gasteiger charge is 2.58. The van der Waals surface area contributed by atoms with Gasteiger partial charge in [-0.25, -0.2) is 0 Å². The van der Waals surface area contributed by atoms with E-state index in [2.05, 4.69) is 17.1 Å². The summed E-state index contributed by atoms with van der Waals surface area (Å²) >= 11 is 0. The van der Waals surface area contributed by atoms with Crippen LogP contribution in [0.2, 0.25) is 0 Å². The molecular weight excluding hydrogens is 264 g/mol. The highest BCUT2D eigenvalue weighted by atomic mass is 35.5. The lowest BCUT2D eigenvalue weighted by atomic mass is 9.91. The highest BCUT2D eigenvalue weighted by molar-refractivity contribution is 5.85. The van der Waals surface area contributed by atoms with E-state index in [4.69, 9.17) is 4.74 Å². The molecule has 2 heterocycles. The number of carbonyl (C=O) groups excluding carboxylic acids is 1. The summed E-state index contributed by atoms with van der Waals surface area (Å²) in [6, 6.07) is 0. The van der Waals surface area contributed by atoms with Crippen molar-refractivity contribution in [1.82, 2.24) is 10.2 Å². The van der Waals surface area contributed by atoms with Gasteiger partial charge in [0.15, 0.2) is 0 Å². The first-order valence-corrected chi connectivity index (χ1v) is 7.32. The van der Waals surface area contributed by atoms with Gasteiger partial charge >= 0.3 is 0 Å². The predicted octanol–water partition coefficient (Wildman–Crippen LogP) is 1.44. The summed E-state index contributed by atoms with van der Waals surface area (Å²) in [4.78, 5) is 14.6. The van der Waals surface area contributed by atoms with Crippen molar-refractivity contribution in [3.8, 4) is 0 Å². The van der Waals surface area contributed by atoms with Gasteiger partial charge in [0.25, 0.3) is 0 Å². The maximum atomic E-state index is 12.6. The normalized spacial score (nSPS) is 33.4. The van der Waals surface area contributed by atoms with Crippen molar-refractivity contribution in [2.75, 3.05) is 32.8 Å². The second-order valence-corrected chi connectivity index (χ2v) is 6.19. The molecule has 0 aromatic rings. The van der Waals surface area contributed by atoms with E-state index in [1.807, 2.05) is 0 Å². The second-order valence-electron chi connectivity index (χ2n) is 6.19. The first-order valence-electron chi connectivity index (χ1n) is 7.32. The van der Waals surface area contributed by atoms with E-state index in [-0.39, 0.29) is 18.5 Å². The number of hydrogen-bond donors (Lipinski definition) is 1. The van der Waals surface area contributed by atoms with Gasteiger partial charge in [-0.2, -0.15) is 0 Å². The number of hydrogen-bond acceptors (Lipinski definition) is 3. The van der Waals surface area contributed by atoms with E-state index >= 15 is 0 Å². The minimum absolute atomic E-state index is 0. The summed E-state index contributed by atoms with van der Waals surface area (Å²) in [7, 11) is 0. The van der Waals surface area contributed by atoms with Crippen LogP contribution in [0.25, 0.3) is 0 Å². The zero-order valence-electron chi connectivity index (χ0n) is 11.7. The number of carbonyl (C=O) groups is 1. The molecule has 2 saturated heterocycles. The van der Waals surface area contributed by atoms with Crippen molar-refractivity contribution in [3.05, 3.63) is 0 Å². The Kier molecular flexibility index (Phi) is 4.75. The molecular formula is C14H25ClN2O2. The molecule has 2 unspecified atom stereocenters. The van der Waals surface area contributed by atoms with Crippen LogP contribution >= 0.6 is 12.4 Å². The number of ether oxygens (including phenoxy) is 1. The van der Waals surface area contributed by atoms with Crippen LogP contribution in [0, 0.1) is 11.3 Å². The number of halogens is 1. The van der Waals surface area contributed by atoms with Crippen LogP contribution in [-0.4, -0.2) is 49.7 Å². The number of nitrogens with one attached hydrogen (secondary N) is 1. The van der Waals surface area contributed by atoms with Gasteiger partial charge in [0.2, 0.25) is 5.91 Å². The quantitative estimate of drug-likeness (QED) is 0.794. The fraction of sp³-hybridized carbons (Fsp3) is 0.929. The number of rotatable bonds is 1. The van der Waals surface area contributed by atoms with Gasteiger partial charge in [0.1, 0.15) is 0 Å². The Balaban J connectivity index is 0.00000133. The largest absolute Gasteiger partial charge is 0.377 e. The third-order valence-corrected chi connectivity index (χ3v) is 4.85. The zero-order chi connectivity index (χ0) is 12.6. The molecule has 3 rings (SSSR count). The first kappa shape index (κ1) is 15.1. The standard InChI is InChI=1S/C14H24N2O2.ClH/c1-11-10-16(7-2-8-18-11)13(17)12-9-14(12)3-5-15-6-4-14;/h11-12,15H,2-10H2,1H3;1H. The van der Waals surface area contributed by atoms with Gasteiger partial charge in [-0.15, -0.1) is 12.4 Å². The Labute approximate surface area is 121 Å². The van der Waals surface area contributed by atoms with Crippen molar-refractivity contribution in [1.29, 1.82) is 0 Å². The maximum absolute atomic E-state index is 12.6. The maximum Gasteiger partial charge on any atom is 0.226 e. The lowest BCUT2D eigenvalue weighted by Gasteiger charge is -2.27. The second kappa shape index (κ2) is 5.98. The van der Waals surface area contributed by atoms with Gasteiger partial charge in [-0.3, -0.25) is 4.79 Å². The molecule has 2 atom stereocenters. The van der Waals surface area contributed by atoms with Crippen LogP contribution in [0.3, 0.4) is 0 Å². The molecule has 1 amide bonds. The van der Waals surface area contributed by atoms with Crippen molar-refractivity contribution in [2.24, 2.45) is 11.3 Å². The number of piperidine rings is 1. The minimum atomic E-state index is 0. The molecule has 5 heteroatoms. The fourth-order valence-electron chi connectivity index (χ4n) is 3.59. The molecule has 0 radical (unpaired) electrons. The lowest BCUT2D eigenvalue weighted by Crippen LogP contribution is -2.39. The molecule has 0 bridgehead atoms. The molecule has 3 aliphatic rings. The van der Waals surface area contributed by atoms with E-state index in [0.717, 1.165) is 45.6 Å². The van der Waals surface area contributed by atoms with Crippen LogP contribution in [0.1, 0.15) is 32.6 Å². The van der Waals surface area contributed by atoms with E-state index in [9.17, 15) is 4.79 Å². The van der Waals surface area contributed by atoms with E-state index in [1.165, 1.54) is 12.8 Å². The van der Waals surface area contributed by atoms with Crippen LogP contribution in [0.5, 0.6) is 0 Å². The number of amides is 1. The van der Waals surface area contributed by atoms with Crippen LogP contribution in [-0.2, 0) is 9.53 Å². The Morgan fingerprint density at radius 3 is 2.84 bits per heavy atom. The molecule has 0 aromatic heterocycles. The monoisotopic (exact) mass is 288 g/mol. The van der Waals surface area contributed by atoms with E-state index < -0.39 is 0 Å². The van der Waals surface area contributed by atoms with Gasteiger partial charge in [-0.1, -0.05) is 0 Å². The third-order valence-electron chi connectivity index (χ3n) is 4.85. The Morgan fingerprint density at radius 2 is 2.11 bits per heavy atom. The van der Waals surface area contributed by atoms with Crippen LogP contribution in [0.4, 0.5) is 0 Å². The average molecular weight is 289 g/mol. The topological polar surface area (TPSA) is 41.6 Å². The fourth-order valence-corrected chi connectivity index (χ4v) is 3.59. The molecule has 1 N–H and O–H groups in total. The van der Waals surface area contributed by atoms with Gasteiger partial charge in [0.05, 0.1) is 6.10 Å². The van der Waals surface area contributed by atoms with Gasteiger partial charge < -0.3 is 15.0 Å². The van der Waals surface area contributed by atoms with E-state index in [1.54, 1.807) is 0 Å². The summed E-state index contributed by atoms with van der Waals surface area (Å²) in [6.45, 7) is 6.70. The highest BCUT2D eigenvalue weighted by Crippen LogP contribution is 2.59. The lowest BCUT2D eigenvalue weighted by molar-refractivity contribution is -0.134. The van der Waals surface area contributed by atoms with Crippen molar-refractivity contribution >= 4 is 18.3 Å². The Bertz CT molecular complexity index is 331.